The van der Waals surface area contributed by atoms with E-state index >= 15 is 0 Å². The van der Waals surface area contributed by atoms with Crippen LogP contribution in [-0.2, 0) is 9.53 Å². The van der Waals surface area contributed by atoms with Crippen LogP contribution >= 0.6 is 0 Å². The maximum Gasteiger partial charge on any atom is 0.305 e. The first-order valence-electron chi connectivity index (χ1n) is 7.02. The molecule has 0 saturated carbocycles. The fourth-order valence-electron chi connectivity index (χ4n) is 2.10. The maximum atomic E-state index is 12.7. The summed E-state index contributed by atoms with van der Waals surface area (Å²) in [4.78, 5) is 24.0. The van der Waals surface area contributed by atoms with Crippen LogP contribution in [0.2, 0.25) is 0 Å². The second kappa shape index (κ2) is 8.37. The van der Waals surface area contributed by atoms with Gasteiger partial charge in [0.1, 0.15) is 0 Å². The first-order valence-corrected chi connectivity index (χ1v) is 7.02. The third-order valence-electron chi connectivity index (χ3n) is 3.35. The summed E-state index contributed by atoms with van der Waals surface area (Å²) in [7, 11) is 1.35. The van der Waals surface area contributed by atoms with Gasteiger partial charge in [0.05, 0.1) is 13.2 Å². The number of Topliss-reactive ketones (excluding diaryl/α,β-unsaturated/α-hetero) is 1. The van der Waals surface area contributed by atoms with Crippen molar-refractivity contribution >= 4 is 11.8 Å². The Hall–Kier alpha value is -1.94. The van der Waals surface area contributed by atoms with Crippen LogP contribution in [-0.4, -0.2) is 31.4 Å². The van der Waals surface area contributed by atoms with Crippen molar-refractivity contribution in [3.63, 3.8) is 0 Å². The Morgan fingerprint density at radius 2 is 2.10 bits per heavy atom. The number of esters is 1. The Morgan fingerprint density at radius 1 is 1.38 bits per heavy atom. The molecule has 0 fully saturated rings. The SMILES string of the molecule is C=CCNC(CCC(=O)OC)C(=O)c1cc(C)ccc1C. The summed E-state index contributed by atoms with van der Waals surface area (Å²) in [6, 6.07) is 5.39. The number of carbonyl (C=O) groups is 2. The first-order chi connectivity index (χ1) is 9.99. The van der Waals surface area contributed by atoms with E-state index in [-0.39, 0.29) is 18.2 Å². The van der Waals surface area contributed by atoms with Gasteiger partial charge >= 0.3 is 5.97 Å². The molecule has 4 nitrogen and oxygen atoms in total. The fourth-order valence-corrected chi connectivity index (χ4v) is 2.10. The molecule has 1 rings (SSSR count). The Kier molecular flexibility index (Phi) is 6.82. The van der Waals surface area contributed by atoms with Gasteiger partial charge in [-0.05, 0) is 31.9 Å². The molecular weight excluding hydrogens is 266 g/mol. The van der Waals surface area contributed by atoms with Crippen LogP contribution in [0, 0.1) is 13.8 Å². The van der Waals surface area contributed by atoms with Gasteiger partial charge in [-0.2, -0.15) is 0 Å². The summed E-state index contributed by atoms with van der Waals surface area (Å²) in [5.41, 5.74) is 2.68. The number of nitrogens with one attached hydrogen (secondary N) is 1. The summed E-state index contributed by atoms with van der Waals surface area (Å²) in [6.45, 7) is 8.03. The van der Waals surface area contributed by atoms with Crippen molar-refractivity contribution in [2.75, 3.05) is 13.7 Å². The van der Waals surface area contributed by atoms with Crippen molar-refractivity contribution in [3.8, 4) is 0 Å². The molecule has 0 aromatic heterocycles. The second-order valence-electron chi connectivity index (χ2n) is 5.05. The van der Waals surface area contributed by atoms with E-state index in [1.807, 2.05) is 32.0 Å². The summed E-state index contributed by atoms with van der Waals surface area (Å²) in [6.07, 6.45) is 2.32. The zero-order chi connectivity index (χ0) is 15.8. The second-order valence-corrected chi connectivity index (χ2v) is 5.05. The van der Waals surface area contributed by atoms with Crippen molar-refractivity contribution in [1.29, 1.82) is 0 Å². The van der Waals surface area contributed by atoms with E-state index in [0.717, 1.165) is 11.1 Å². The molecule has 0 spiro atoms. The fraction of sp³-hybridized carbons (Fsp3) is 0.412. The number of methoxy groups -OCH3 is 1. The Balaban J connectivity index is 2.90. The van der Waals surface area contributed by atoms with Crippen LogP contribution in [0.25, 0.3) is 0 Å². The smallest absolute Gasteiger partial charge is 0.305 e. The van der Waals surface area contributed by atoms with Gasteiger partial charge in [0.15, 0.2) is 5.78 Å². The molecule has 0 radical (unpaired) electrons. The van der Waals surface area contributed by atoms with Gasteiger partial charge in [0, 0.05) is 18.5 Å². The van der Waals surface area contributed by atoms with Gasteiger partial charge < -0.3 is 10.1 Å². The highest BCUT2D eigenvalue weighted by atomic mass is 16.5. The molecule has 0 heterocycles. The molecule has 1 atom stereocenters. The van der Waals surface area contributed by atoms with Gasteiger partial charge in [-0.3, -0.25) is 9.59 Å². The predicted molar refractivity (Wildman–Crippen MR) is 83.5 cm³/mol. The molecule has 0 aliphatic carbocycles. The van der Waals surface area contributed by atoms with E-state index in [2.05, 4.69) is 16.6 Å². The minimum atomic E-state index is -0.414. The molecule has 4 heteroatoms. The molecular formula is C17H23NO3. The molecule has 0 aliphatic heterocycles. The Bertz CT molecular complexity index is 523. The number of benzene rings is 1. The lowest BCUT2D eigenvalue weighted by molar-refractivity contribution is -0.140. The predicted octanol–water partition coefficient (Wildman–Crippen LogP) is 2.58. The lowest BCUT2D eigenvalue weighted by Crippen LogP contribution is -2.37. The van der Waals surface area contributed by atoms with Crippen molar-refractivity contribution in [1.82, 2.24) is 5.32 Å². The summed E-state index contributed by atoms with van der Waals surface area (Å²) in [5, 5.41) is 3.12. The van der Waals surface area contributed by atoms with Crippen LogP contribution < -0.4 is 5.32 Å². The lowest BCUT2D eigenvalue weighted by Gasteiger charge is -2.18. The van der Waals surface area contributed by atoms with E-state index in [9.17, 15) is 9.59 Å². The van der Waals surface area contributed by atoms with E-state index in [0.29, 0.717) is 18.5 Å². The van der Waals surface area contributed by atoms with Crippen molar-refractivity contribution in [2.24, 2.45) is 0 Å². The van der Waals surface area contributed by atoms with Gasteiger partial charge in [-0.1, -0.05) is 23.8 Å². The molecule has 1 unspecified atom stereocenters. The third kappa shape index (κ3) is 5.16. The van der Waals surface area contributed by atoms with E-state index < -0.39 is 6.04 Å². The lowest BCUT2D eigenvalue weighted by atomic mass is 9.95. The van der Waals surface area contributed by atoms with Crippen LogP contribution in [0.15, 0.2) is 30.9 Å². The van der Waals surface area contributed by atoms with Crippen LogP contribution in [0.3, 0.4) is 0 Å². The van der Waals surface area contributed by atoms with Gasteiger partial charge in [0.2, 0.25) is 0 Å². The topological polar surface area (TPSA) is 55.4 Å². The first kappa shape index (κ1) is 17.1. The van der Waals surface area contributed by atoms with Crippen molar-refractivity contribution in [3.05, 3.63) is 47.5 Å². The molecule has 21 heavy (non-hydrogen) atoms. The Morgan fingerprint density at radius 3 is 2.71 bits per heavy atom. The minimum absolute atomic E-state index is 0.00181. The average Bonchev–Trinajstić information content (AvgIpc) is 2.48. The number of rotatable bonds is 8. The standard InChI is InChI=1S/C17H23NO3/c1-5-10-18-15(8-9-16(19)21-4)17(20)14-11-12(2)6-7-13(14)3/h5-7,11,15,18H,1,8-10H2,2-4H3. The van der Waals surface area contributed by atoms with Crippen LogP contribution in [0.5, 0.6) is 0 Å². The molecule has 0 amide bonds. The number of ketones is 1. The quantitative estimate of drug-likeness (QED) is 0.454. The molecule has 1 aromatic carbocycles. The largest absolute Gasteiger partial charge is 0.469 e. The maximum absolute atomic E-state index is 12.7. The minimum Gasteiger partial charge on any atom is -0.469 e. The van der Waals surface area contributed by atoms with E-state index in [1.165, 1.54) is 7.11 Å². The van der Waals surface area contributed by atoms with Gasteiger partial charge in [-0.25, -0.2) is 0 Å². The Labute approximate surface area is 126 Å². The number of ether oxygens (including phenoxy) is 1. The molecule has 0 saturated heterocycles. The normalized spacial score (nSPS) is 11.8. The van der Waals surface area contributed by atoms with Crippen molar-refractivity contribution in [2.45, 2.75) is 32.7 Å². The molecule has 0 aliphatic rings. The van der Waals surface area contributed by atoms with Crippen LogP contribution in [0.4, 0.5) is 0 Å². The van der Waals surface area contributed by atoms with Crippen LogP contribution in [0.1, 0.15) is 34.3 Å². The summed E-state index contributed by atoms with van der Waals surface area (Å²) in [5.74, 6) is -0.309. The van der Waals surface area contributed by atoms with E-state index in [1.54, 1.807) is 6.08 Å². The highest BCUT2D eigenvalue weighted by Crippen LogP contribution is 2.15. The summed E-state index contributed by atoms with van der Waals surface area (Å²) < 4.78 is 4.64. The molecule has 114 valence electrons. The number of carbonyl (C=O) groups excluding carboxylic acids is 2. The van der Waals surface area contributed by atoms with Gasteiger partial charge in [0.25, 0.3) is 0 Å². The molecule has 1 aromatic rings. The highest BCUT2D eigenvalue weighted by molar-refractivity contribution is 6.01. The summed E-state index contributed by atoms with van der Waals surface area (Å²) >= 11 is 0. The number of hydrogen-bond donors (Lipinski definition) is 1. The average molecular weight is 289 g/mol. The zero-order valence-corrected chi connectivity index (χ0v) is 12.9. The van der Waals surface area contributed by atoms with Gasteiger partial charge in [-0.15, -0.1) is 6.58 Å². The zero-order valence-electron chi connectivity index (χ0n) is 12.9. The third-order valence-corrected chi connectivity index (χ3v) is 3.35. The van der Waals surface area contributed by atoms with E-state index in [4.69, 9.17) is 0 Å². The monoisotopic (exact) mass is 289 g/mol. The molecule has 1 N–H and O–H groups in total. The molecule has 0 bridgehead atoms. The number of aryl methyl sites for hydroxylation is 2. The number of hydrogen-bond acceptors (Lipinski definition) is 4. The highest BCUT2D eigenvalue weighted by Gasteiger charge is 2.21. The van der Waals surface area contributed by atoms with Crippen molar-refractivity contribution < 1.29 is 14.3 Å².